The van der Waals surface area contributed by atoms with Crippen LogP contribution < -0.4 is 0 Å². The first-order chi connectivity index (χ1) is 9.04. The first-order valence-electron chi connectivity index (χ1n) is 5.37. The molecule has 0 saturated carbocycles. The minimum absolute atomic E-state index is 0.119. The van der Waals surface area contributed by atoms with E-state index in [9.17, 15) is 9.18 Å². The van der Waals surface area contributed by atoms with Gasteiger partial charge in [-0.15, -0.1) is 0 Å². The largest absolute Gasteiger partial charge is 0.465 e. The minimum atomic E-state index is -0.723. The van der Waals surface area contributed by atoms with Crippen molar-refractivity contribution in [1.29, 1.82) is 0 Å². The monoisotopic (exact) mass is 298 g/mol. The topological polar surface area (TPSA) is 26.3 Å². The predicted octanol–water partition coefficient (Wildman–Crippen LogP) is 4.59. The van der Waals surface area contributed by atoms with Crippen LogP contribution >= 0.6 is 23.2 Å². The summed E-state index contributed by atoms with van der Waals surface area (Å²) in [5.74, 6) is -1.37. The van der Waals surface area contributed by atoms with E-state index in [2.05, 4.69) is 4.74 Å². The molecule has 0 atom stereocenters. The Balaban J connectivity index is 2.56. The Morgan fingerprint density at radius 2 is 1.89 bits per heavy atom. The lowest BCUT2D eigenvalue weighted by molar-refractivity contribution is 0.0595. The molecule has 0 unspecified atom stereocenters. The number of halogens is 3. The van der Waals surface area contributed by atoms with Crippen molar-refractivity contribution in [2.75, 3.05) is 7.11 Å². The quantitative estimate of drug-likeness (QED) is 0.758. The molecule has 98 valence electrons. The van der Waals surface area contributed by atoms with Crippen LogP contribution in [0.15, 0.2) is 36.4 Å². The average molecular weight is 299 g/mol. The zero-order chi connectivity index (χ0) is 14.0. The second-order valence-electron chi connectivity index (χ2n) is 3.79. The lowest BCUT2D eigenvalue weighted by atomic mass is 10.0. The zero-order valence-corrected chi connectivity index (χ0v) is 11.4. The van der Waals surface area contributed by atoms with E-state index in [0.29, 0.717) is 15.6 Å². The number of rotatable bonds is 2. The fourth-order valence-electron chi connectivity index (χ4n) is 1.69. The van der Waals surface area contributed by atoms with Crippen LogP contribution in [0, 0.1) is 5.82 Å². The molecule has 0 aliphatic heterocycles. The Hall–Kier alpha value is -1.58. The maximum atomic E-state index is 14.3. The SMILES string of the molecule is COC(=O)c1cccc(-c2ccc(Cl)c(Cl)c2)c1F. The molecule has 0 saturated heterocycles. The molecule has 0 spiro atoms. The van der Waals surface area contributed by atoms with Gasteiger partial charge in [0.2, 0.25) is 0 Å². The average Bonchev–Trinajstić information content (AvgIpc) is 2.41. The second kappa shape index (κ2) is 5.59. The van der Waals surface area contributed by atoms with Crippen molar-refractivity contribution < 1.29 is 13.9 Å². The number of benzene rings is 2. The van der Waals surface area contributed by atoms with Gasteiger partial charge in [-0.3, -0.25) is 0 Å². The number of hydrogen-bond acceptors (Lipinski definition) is 2. The summed E-state index contributed by atoms with van der Waals surface area (Å²) in [6.45, 7) is 0. The van der Waals surface area contributed by atoms with Crippen molar-refractivity contribution in [3.63, 3.8) is 0 Å². The van der Waals surface area contributed by atoms with E-state index in [1.807, 2.05) is 0 Å². The molecule has 0 heterocycles. The van der Waals surface area contributed by atoms with Gasteiger partial charge in [0.15, 0.2) is 0 Å². The molecule has 0 N–H and O–H groups in total. The molecule has 0 amide bonds. The van der Waals surface area contributed by atoms with E-state index < -0.39 is 11.8 Å². The molecular weight excluding hydrogens is 290 g/mol. The molecule has 2 aromatic rings. The minimum Gasteiger partial charge on any atom is -0.465 e. The number of ether oxygens (including phenoxy) is 1. The molecular formula is C14H9Cl2FO2. The molecule has 2 nitrogen and oxygen atoms in total. The first-order valence-corrected chi connectivity index (χ1v) is 6.12. The maximum absolute atomic E-state index is 14.3. The summed E-state index contributed by atoms with van der Waals surface area (Å²) in [5.41, 5.74) is 0.685. The number of hydrogen-bond donors (Lipinski definition) is 0. The van der Waals surface area contributed by atoms with Gasteiger partial charge >= 0.3 is 5.97 Å². The summed E-state index contributed by atoms with van der Waals surface area (Å²) in [4.78, 5) is 11.4. The molecule has 0 aliphatic rings. The third-order valence-corrected chi connectivity index (χ3v) is 3.37. The second-order valence-corrected chi connectivity index (χ2v) is 4.60. The standard InChI is InChI=1S/C14H9Cl2FO2/c1-19-14(18)10-4-2-3-9(13(10)17)8-5-6-11(15)12(16)7-8/h2-7H,1H3. The highest BCUT2D eigenvalue weighted by Gasteiger charge is 2.16. The highest BCUT2D eigenvalue weighted by atomic mass is 35.5. The number of methoxy groups -OCH3 is 1. The van der Waals surface area contributed by atoms with Gasteiger partial charge in [0.25, 0.3) is 0 Å². The summed E-state index contributed by atoms with van der Waals surface area (Å²) in [7, 11) is 1.20. The molecule has 0 aromatic heterocycles. The van der Waals surface area contributed by atoms with Crippen molar-refractivity contribution in [2.24, 2.45) is 0 Å². The first kappa shape index (κ1) is 13.8. The van der Waals surface area contributed by atoms with E-state index in [4.69, 9.17) is 23.2 Å². The Kier molecular flexibility index (Phi) is 4.08. The molecule has 0 radical (unpaired) electrons. The number of carbonyl (C=O) groups is 1. The highest BCUT2D eigenvalue weighted by Crippen LogP contribution is 2.31. The fraction of sp³-hybridized carbons (Fsp3) is 0.0714. The van der Waals surface area contributed by atoms with Crippen molar-refractivity contribution >= 4 is 29.2 Å². The normalized spacial score (nSPS) is 10.3. The number of esters is 1. The lowest BCUT2D eigenvalue weighted by Crippen LogP contribution is -2.05. The van der Waals surface area contributed by atoms with Crippen LogP contribution in [0.2, 0.25) is 10.0 Å². The molecule has 0 bridgehead atoms. The third-order valence-electron chi connectivity index (χ3n) is 2.63. The van der Waals surface area contributed by atoms with E-state index in [1.165, 1.54) is 13.2 Å². The molecule has 2 rings (SSSR count). The van der Waals surface area contributed by atoms with Crippen molar-refractivity contribution in [2.45, 2.75) is 0 Å². The molecule has 0 fully saturated rings. The summed E-state index contributed by atoms with van der Waals surface area (Å²) in [6, 6.07) is 9.25. The van der Waals surface area contributed by atoms with Crippen molar-refractivity contribution in [3.05, 3.63) is 57.8 Å². The summed E-state index contributed by atoms with van der Waals surface area (Å²) in [6.07, 6.45) is 0. The van der Waals surface area contributed by atoms with E-state index in [1.54, 1.807) is 30.3 Å². The third kappa shape index (κ3) is 2.72. The van der Waals surface area contributed by atoms with Crippen LogP contribution in [0.25, 0.3) is 11.1 Å². The Morgan fingerprint density at radius 3 is 2.53 bits per heavy atom. The number of carbonyl (C=O) groups excluding carboxylic acids is 1. The smallest absolute Gasteiger partial charge is 0.340 e. The maximum Gasteiger partial charge on any atom is 0.340 e. The Bertz CT molecular complexity index is 641. The lowest BCUT2D eigenvalue weighted by Gasteiger charge is -2.08. The van der Waals surface area contributed by atoms with Crippen LogP contribution in [0.1, 0.15) is 10.4 Å². The van der Waals surface area contributed by atoms with Gasteiger partial charge < -0.3 is 4.74 Å². The summed E-state index contributed by atoms with van der Waals surface area (Å²) in [5, 5.41) is 0.706. The van der Waals surface area contributed by atoms with E-state index in [-0.39, 0.29) is 11.1 Å². The van der Waals surface area contributed by atoms with Gasteiger partial charge in [-0.05, 0) is 23.8 Å². The Labute approximate surface area is 119 Å². The molecule has 2 aromatic carbocycles. The Morgan fingerprint density at radius 1 is 1.16 bits per heavy atom. The van der Waals surface area contributed by atoms with Crippen LogP contribution in [-0.4, -0.2) is 13.1 Å². The van der Waals surface area contributed by atoms with Crippen molar-refractivity contribution in [1.82, 2.24) is 0 Å². The molecule has 5 heteroatoms. The molecule has 19 heavy (non-hydrogen) atoms. The molecule has 0 aliphatic carbocycles. The fourth-order valence-corrected chi connectivity index (χ4v) is 1.98. The van der Waals surface area contributed by atoms with Crippen LogP contribution in [0.5, 0.6) is 0 Å². The van der Waals surface area contributed by atoms with Crippen LogP contribution in [0.4, 0.5) is 4.39 Å². The highest BCUT2D eigenvalue weighted by molar-refractivity contribution is 6.42. The van der Waals surface area contributed by atoms with Crippen LogP contribution in [0.3, 0.4) is 0 Å². The predicted molar refractivity (Wildman–Crippen MR) is 73.2 cm³/mol. The summed E-state index contributed by atoms with van der Waals surface area (Å²) >= 11 is 11.7. The van der Waals surface area contributed by atoms with Gasteiger partial charge in [0.1, 0.15) is 5.82 Å². The van der Waals surface area contributed by atoms with E-state index >= 15 is 0 Å². The van der Waals surface area contributed by atoms with Gasteiger partial charge in [-0.25, -0.2) is 9.18 Å². The van der Waals surface area contributed by atoms with E-state index in [0.717, 1.165) is 0 Å². The van der Waals surface area contributed by atoms with Gasteiger partial charge in [-0.2, -0.15) is 0 Å². The summed E-state index contributed by atoms with van der Waals surface area (Å²) < 4.78 is 18.8. The van der Waals surface area contributed by atoms with Crippen molar-refractivity contribution in [3.8, 4) is 11.1 Å². The van der Waals surface area contributed by atoms with Gasteiger partial charge in [-0.1, -0.05) is 41.4 Å². The van der Waals surface area contributed by atoms with Gasteiger partial charge in [0, 0.05) is 5.56 Å². The zero-order valence-electron chi connectivity index (χ0n) is 9.91. The van der Waals surface area contributed by atoms with Crippen LogP contribution in [-0.2, 0) is 4.74 Å². The van der Waals surface area contributed by atoms with Gasteiger partial charge in [0.05, 0.1) is 22.7 Å².